The fraction of sp³-hybridized carbons (Fsp3) is 0.571. The van der Waals surface area contributed by atoms with Gasteiger partial charge in [0, 0.05) is 17.0 Å². The summed E-state index contributed by atoms with van der Waals surface area (Å²) in [5.74, 6) is 2.68. The van der Waals surface area contributed by atoms with Crippen LogP contribution in [0.1, 0.15) is 32.8 Å². The minimum atomic E-state index is 0.542. The fourth-order valence-corrected chi connectivity index (χ4v) is 2.42. The van der Waals surface area contributed by atoms with Gasteiger partial charge in [0.05, 0.1) is 6.61 Å². The lowest BCUT2D eigenvalue weighted by atomic mass is 10.1. The smallest absolute Gasteiger partial charge is 0.124 e. The molecule has 1 rings (SSSR count). The molecule has 0 spiro atoms. The Morgan fingerprint density at radius 3 is 2.71 bits per heavy atom. The topological polar surface area (TPSA) is 35.2 Å². The number of benzene rings is 1. The molecule has 0 aliphatic rings. The highest BCUT2D eigenvalue weighted by molar-refractivity contribution is 7.99. The maximum absolute atomic E-state index is 5.83. The zero-order valence-corrected chi connectivity index (χ0v) is 11.8. The van der Waals surface area contributed by atoms with Crippen LogP contribution in [-0.2, 0) is 6.54 Å². The predicted molar refractivity (Wildman–Crippen MR) is 75.7 cm³/mol. The Hall–Kier alpha value is -0.670. The number of ether oxygens (including phenoxy) is 1. The number of hydrogen-bond donors (Lipinski definition) is 1. The van der Waals surface area contributed by atoms with Crippen molar-refractivity contribution in [1.82, 2.24) is 0 Å². The molecule has 0 aliphatic carbocycles. The van der Waals surface area contributed by atoms with Crippen molar-refractivity contribution >= 4 is 11.8 Å². The molecule has 17 heavy (non-hydrogen) atoms. The van der Waals surface area contributed by atoms with E-state index < -0.39 is 0 Å². The maximum Gasteiger partial charge on any atom is 0.124 e. The third-order valence-corrected chi connectivity index (χ3v) is 3.53. The average Bonchev–Trinajstić information content (AvgIpc) is 2.29. The second kappa shape index (κ2) is 7.62. The van der Waals surface area contributed by atoms with Crippen molar-refractivity contribution in [3.63, 3.8) is 0 Å². The predicted octanol–water partition coefficient (Wildman–Crippen LogP) is 3.68. The molecule has 0 fully saturated rings. The molecule has 1 aromatic rings. The molecular formula is C14H23NOS. The molecule has 2 N–H and O–H groups in total. The van der Waals surface area contributed by atoms with Crippen LogP contribution < -0.4 is 10.5 Å². The Kier molecular flexibility index (Phi) is 6.45. The van der Waals surface area contributed by atoms with Gasteiger partial charge in [0.15, 0.2) is 0 Å². The Morgan fingerprint density at radius 2 is 2.12 bits per heavy atom. The molecule has 0 radical (unpaired) electrons. The molecule has 0 amide bonds. The van der Waals surface area contributed by atoms with E-state index in [1.165, 1.54) is 4.90 Å². The van der Waals surface area contributed by atoms with Gasteiger partial charge in [0.2, 0.25) is 0 Å². The first kappa shape index (κ1) is 14.4. The molecule has 0 aliphatic heterocycles. The van der Waals surface area contributed by atoms with Gasteiger partial charge in [-0.2, -0.15) is 0 Å². The molecule has 0 unspecified atom stereocenters. The molecule has 96 valence electrons. The lowest BCUT2D eigenvalue weighted by Crippen LogP contribution is -2.06. The molecule has 0 bridgehead atoms. The Bertz CT molecular complexity index is 339. The van der Waals surface area contributed by atoms with Crippen molar-refractivity contribution in [1.29, 1.82) is 0 Å². The van der Waals surface area contributed by atoms with Crippen LogP contribution in [-0.4, -0.2) is 12.4 Å². The lowest BCUT2D eigenvalue weighted by molar-refractivity contribution is 0.286. The Morgan fingerprint density at radius 1 is 1.35 bits per heavy atom. The first-order valence-corrected chi connectivity index (χ1v) is 7.25. The van der Waals surface area contributed by atoms with Gasteiger partial charge in [-0.3, -0.25) is 0 Å². The van der Waals surface area contributed by atoms with Crippen molar-refractivity contribution in [3.8, 4) is 5.75 Å². The third-order valence-electron chi connectivity index (χ3n) is 2.55. The molecule has 0 saturated heterocycles. The van der Waals surface area contributed by atoms with Crippen molar-refractivity contribution in [2.45, 2.75) is 38.6 Å². The van der Waals surface area contributed by atoms with Crippen molar-refractivity contribution in [3.05, 3.63) is 23.8 Å². The van der Waals surface area contributed by atoms with Gasteiger partial charge < -0.3 is 10.5 Å². The standard InChI is InChI=1S/C14H23NOS/c1-4-17-14-7-5-6-13(12(14)10-15)16-9-8-11(2)3/h5-7,11H,4,8-10,15H2,1-3H3. The molecule has 0 aromatic heterocycles. The summed E-state index contributed by atoms with van der Waals surface area (Å²) in [4.78, 5) is 1.25. The minimum absolute atomic E-state index is 0.542. The molecule has 2 nitrogen and oxygen atoms in total. The van der Waals surface area contributed by atoms with Crippen LogP contribution in [0.15, 0.2) is 23.1 Å². The third kappa shape index (κ3) is 4.60. The van der Waals surface area contributed by atoms with Crippen LogP contribution in [0, 0.1) is 5.92 Å². The second-order valence-corrected chi connectivity index (χ2v) is 5.71. The van der Waals surface area contributed by atoms with E-state index in [1.807, 2.05) is 23.9 Å². The van der Waals surface area contributed by atoms with Crippen LogP contribution in [0.25, 0.3) is 0 Å². The van der Waals surface area contributed by atoms with E-state index in [0.29, 0.717) is 12.5 Å². The van der Waals surface area contributed by atoms with Crippen molar-refractivity contribution in [2.75, 3.05) is 12.4 Å². The molecule has 0 saturated carbocycles. The summed E-state index contributed by atoms with van der Waals surface area (Å²) in [5.41, 5.74) is 6.96. The summed E-state index contributed by atoms with van der Waals surface area (Å²) in [5, 5.41) is 0. The zero-order valence-electron chi connectivity index (χ0n) is 11.0. The van der Waals surface area contributed by atoms with Crippen LogP contribution in [0.3, 0.4) is 0 Å². The van der Waals surface area contributed by atoms with Gasteiger partial charge in [0.1, 0.15) is 5.75 Å². The quantitative estimate of drug-likeness (QED) is 0.753. The highest BCUT2D eigenvalue weighted by Gasteiger charge is 2.08. The molecule has 1 aromatic carbocycles. The zero-order chi connectivity index (χ0) is 12.7. The first-order chi connectivity index (χ1) is 8.19. The minimum Gasteiger partial charge on any atom is -0.493 e. The van der Waals surface area contributed by atoms with E-state index in [-0.39, 0.29) is 0 Å². The van der Waals surface area contributed by atoms with Crippen molar-refractivity contribution < 1.29 is 4.74 Å². The number of thioether (sulfide) groups is 1. The van der Waals surface area contributed by atoms with Crippen LogP contribution >= 0.6 is 11.8 Å². The van der Waals surface area contributed by atoms with Gasteiger partial charge in [-0.05, 0) is 30.2 Å². The maximum atomic E-state index is 5.83. The van der Waals surface area contributed by atoms with E-state index in [0.717, 1.165) is 30.1 Å². The second-order valence-electron chi connectivity index (χ2n) is 4.40. The lowest BCUT2D eigenvalue weighted by Gasteiger charge is -2.14. The van der Waals surface area contributed by atoms with E-state index in [2.05, 4.69) is 26.8 Å². The molecule has 0 heterocycles. The highest BCUT2D eigenvalue weighted by atomic mass is 32.2. The van der Waals surface area contributed by atoms with Gasteiger partial charge in [-0.15, -0.1) is 11.8 Å². The Balaban J connectivity index is 2.73. The van der Waals surface area contributed by atoms with E-state index in [9.17, 15) is 0 Å². The first-order valence-electron chi connectivity index (χ1n) is 6.26. The fourth-order valence-electron chi connectivity index (χ4n) is 1.58. The summed E-state index contributed by atoms with van der Waals surface area (Å²) in [6.07, 6.45) is 1.08. The highest BCUT2D eigenvalue weighted by Crippen LogP contribution is 2.29. The van der Waals surface area contributed by atoms with Crippen LogP contribution in [0.5, 0.6) is 5.75 Å². The van der Waals surface area contributed by atoms with E-state index in [1.54, 1.807) is 0 Å². The monoisotopic (exact) mass is 253 g/mol. The molecule has 0 atom stereocenters. The van der Waals surface area contributed by atoms with Gasteiger partial charge in [-0.1, -0.05) is 26.8 Å². The Labute approximate surface area is 109 Å². The summed E-state index contributed by atoms with van der Waals surface area (Å²) in [7, 11) is 0. The number of hydrogen-bond acceptors (Lipinski definition) is 3. The normalized spacial score (nSPS) is 10.9. The van der Waals surface area contributed by atoms with Gasteiger partial charge in [0.25, 0.3) is 0 Å². The SMILES string of the molecule is CCSc1cccc(OCCC(C)C)c1CN. The summed E-state index contributed by atoms with van der Waals surface area (Å²) < 4.78 is 5.83. The van der Waals surface area contributed by atoms with Gasteiger partial charge in [-0.25, -0.2) is 0 Å². The molecular weight excluding hydrogens is 230 g/mol. The number of nitrogens with two attached hydrogens (primary N) is 1. The van der Waals surface area contributed by atoms with Crippen molar-refractivity contribution in [2.24, 2.45) is 11.7 Å². The largest absolute Gasteiger partial charge is 0.493 e. The summed E-state index contributed by atoms with van der Waals surface area (Å²) in [6, 6.07) is 6.18. The van der Waals surface area contributed by atoms with Gasteiger partial charge >= 0.3 is 0 Å². The number of rotatable bonds is 7. The van der Waals surface area contributed by atoms with E-state index in [4.69, 9.17) is 10.5 Å². The average molecular weight is 253 g/mol. The van der Waals surface area contributed by atoms with E-state index >= 15 is 0 Å². The summed E-state index contributed by atoms with van der Waals surface area (Å²) in [6.45, 7) is 7.87. The summed E-state index contributed by atoms with van der Waals surface area (Å²) >= 11 is 1.82. The van der Waals surface area contributed by atoms with Crippen LogP contribution in [0.2, 0.25) is 0 Å². The van der Waals surface area contributed by atoms with Crippen LogP contribution in [0.4, 0.5) is 0 Å². The molecule has 3 heteroatoms.